The molecule has 46 heavy (non-hydrogen) atoms. The van der Waals surface area contributed by atoms with Crippen LogP contribution < -0.4 is 4.74 Å². The number of hydrogen-bond acceptors (Lipinski definition) is 7. The van der Waals surface area contributed by atoms with Crippen LogP contribution >= 0.6 is 0 Å². The van der Waals surface area contributed by atoms with Gasteiger partial charge in [0.2, 0.25) is 0 Å². The second-order valence-corrected chi connectivity index (χ2v) is 17.0. The minimum Gasteiger partial charge on any atom is -0.497 e. The number of carbonyl (C=O) groups is 1. The number of aliphatic hydroxyl groups is 3. The number of methoxy groups -OCH3 is 1. The number of aliphatic hydroxyl groups excluding tert-OH is 3. The van der Waals surface area contributed by atoms with Crippen LogP contribution in [-0.4, -0.2) is 59.9 Å². The van der Waals surface area contributed by atoms with Crippen molar-refractivity contribution in [1.82, 2.24) is 0 Å². The second kappa shape index (κ2) is 10.2. The summed E-state index contributed by atoms with van der Waals surface area (Å²) in [6, 6.07) is 8.21. The molecule has 0 aromatic heterocycles. The van der Waals surface area contributed by atoms with E-state index in [2.05, 4.69) is 39.0 Å². The van der Waals surface area contributed by atoms with E-state index in [1.165, 1.54) is 11.1 Å². The smallest absolute Gasteiger partial charge is 0.309 e. The van der Waals surface area contributed by atoms with Crippen molar-refractivity contribution < 1.29 is 34.3 Å². The number of hydrogen-bond donors (Lipinski definition) is 3. The quantitative estimate of drug-likeness (QED) is 0.273. The SMILES string of the molecule is COc1ccc([C@@H]2CC3=CC[C@]4(C)[C@H]5C[C@@H](O)[C@]67C[C@]6(CC[C@H]7[C@@H]6C[C@H](/C=C(\C)CO)OC6=O)[C@]5(C)[C@H](O)C[C@H]4[C@@]3(C)CO2)cc1. The predicted molar refractivity (Wildman–Crippen MR) is 173 cm³/mol. The molecule has 2 heterocycles. The number of rotatable bonds is 5. The molecular formula is C39H52O7. The first-order valence-electron chi connectivity index (χ1n) is 17.7. The third-order valence-electron chi connectivity index (χ3n) is 15.5. The summed E-state index contributed by atoms with van der Waals surface area (Å²) in [5, 5.41) is 34.2. The molecule has 1 aromatic carbocycles. The second-order valence-electron chi connectivity index (χ2n) is 17.0. The van der Waals surface area contributed by atoms with E-state index in [1.807, 2.05) is 25.1 Å². The van der Waals surface area contributed by atoms with Crippen molar-refractivity contribution in [3.63, 3.8) is 0 Å². The number of benzene rings is 1. The van der Waals surface area contributed by atoms with E-state index >= 15 is 0 Å². The van der Waals surface area contributed by atoms with E-state index in [4.69, 9.17) is 14.2 Å². The van der Waals surface area contributed by atoms with Crippen LogP contribution in [0.1, 0.15) is 90.7 Å². The van der Waals surface area contributed by atoms with Crippen molar-refractivity contribution in [2.24, 2.45) is 50.7 Å². The number of esters is 1. The van der Waals surface area contributed by atoms with Crippen LogP contribution in [0.4, 0.5) is 0 Å². The van der Waals surface area contributed by atoms with Crippen LogP contribution in [0.15, 0.2) is 47.6 Å². The topological polar surface area (TPSA) is 105 Å². The van der Waals surface area contributed by atoms with Gasteiger partial charge in [0, 0.05) is 22.7 Å². The third kappa shape index (κ3) is 3.78. The maximum atomic E-state index is 13.3. The summed E-state index contributed by atoms with van der Waals surface area (Å²) >= 11 is 0. The maximum absolute atomic E-state index is 13.3. The Hall–Kier alpha value is -2.19. The van der Waals surface area contributed by atoms with E-state index in [0.717, 1.165) is 49.8 Å². The summed E-state index contributed by atoms with van der Waals surface area (Å²) in [6.45, 7) is 9.59. The van der Waals surface area contributed by atoms with Crippen LogP contribution in [0, 0.1) is 50.7 Å². The largest absolute Gasteiger partial charge is 0.497 e. The number of cyclic esters (lactones) is 1. The van der Waals surface area contributed by atoms with Crippen molar-refractivity contribution in [3.05, 3.63) is 53.1 Å². The molecule has 6 fully saturated rings. The first-order valence-corrected chi connectivity index (χ1v) is 17.7. The third-order valence-corrected chi connectivity index (χ3v) is 15.5. The normalized spacial score (nSPS) is 50.7. The Balaban J connectivity index is 1.09. The molecule has 0 unspecified atom stereocenters. The predicted octanol–water partition coefficient (Wildman–Crippen LogP) is 5.92. The molecule has 8 rings (SSSR count). The molecule has 0 amide bonds. The van der Waals surface area contributed by atoms with Gasteiger partial charge in [0.25, 0.3) is 0 Å². The van der Waals surface area contributed by atoms with Gasteiger partial charge in [0.15, 0.2) is 0 Å². The van der Waals surface area contributed by atoms with Gasteiger partial charge in [-0.1, -0.05) is 44.6 Å². The van der Waals surface area contributed by atoms with Crippen LogP contribution in [0.2, 0.25) is 0 Å². The highest BCUT2D eigenvalue weighted by Crippen LogP contribution is 2.90. The maximum Gasteiger partial charge on any atom is 0.309 e. The van der Waals surface area contributed by atoms with E-state index in [9.17, 15) is 20.1 Å². The Morgan fingerprint density at radius 2 is 1.80 bits per heavy atom. The molecule has 7 heteroatoms. The van der Waals surface area contributed by atoms with Crippen LogP contribution in [0.3, 0.4) is 0 Å². The minimum atomic E-state index is -0.498. The highest BCUT2D eigenvalue weighted by atomic mass is 16.6. The van der Waals surface area contributed by atoms with E-state index in [1.54, 1.807) is 7.11 Å². The zero-order valence-corrected chi connectivity index (χ0v) is 28.1. The molecule has 250 valence electrons. The lowest BCUT2D eigenvalue weighted by Crippen LogP contribution is -2.67. The Bertz CT molecular complexity index is 1480. The summed E-state index contributed by atoms with van der Waals surface area (Å²) in [5.41, 5.74) is 2.36. The van der Waals surface area contributed by atoms with Gasteiger partial charge in [-0.05, 0) is 110 Å². The van der Waals surface area contributed by atoms with Gasteiger partial charge in [0.05, 0.1) is 44.6 Å². The van der Waals surface area contributed by atoms with Crippen molar-refractivity contribution in [2.45, 2.75) is 103 Å². The molecular weight excluding hydrogens is 580 g/mol. The molecule has 1 aromatic rings. The number of carbonyl (C=O) groups excluding carboxylic acids is 1. The molecule has 3 N–H and O–H groups in total. The molecule has 2 saturated heterocycles. The molecule has 5 aliphatic carbocycles. The fourth-order valence-corrected chi connectivity index (χ4v) is 13.2. The zero-order valence-electron chi connectivity index (χ0n) is 28.1. The molecule has 4 saturated carbocycles. The van der Waals surface area contributed by atoms with E-state index < -0.39 is 12.2 Å². The standard InChI is InChI=1S/C39H52O7/c1-22(19-40)14-26-16-27(34(43)46-26)28-11-13-38-20-39(28,38)33(42)18-31-35(2)12-10-24-15-29(23-6-8-25(44-5)9-7-23)45-21-36(24,3)30(35)17-32(41)37(31,38)4/h6-10,14,26-33,40-42H,11-13,15-21H2,1-5H3/b22-14+/t26-,27-,28-,29-,30+,31+,32+,33+,35-,36-,37-,38+,39+/m0/s1. The Morgan fingerprint density at radius 1 is 1.07 bits per heavy atom. The minimum absolute atomic E-state index is 0.0104. The molecule has 7 nitrogen and oxygen atoms in total. The van der Waals surface area contributed by atoms with Crippen LogP contribution in [0.5, 0.6) is 5.75 Å². The Kier molecular flexibility index (Phi) is 6.87. The Morgan fingerprint density at radius 3 is 2.52 bits per heavy atom. The van der Waals surface area contributed by atoms with Gasteiger partial charge in [-0.25, -0.2) is 0 Å². The van der Waals surface area contributed by atoms with Crippen molar-refractivity contribution in [1.29, 1.82) is 0 Å². The van der Waals surface area contributed by atoms with Gasteiger partial charge in [-0.2, -0.15) is 0 Å². The highest BCUT2D eigenvalue weighted by molar-refractivity contribution is 5.76. The summed E-state index contributed by atoms with van der Waals surface area (Å²) in [6.07, 6.45) is 9.67. The molecule has 7 aliphatic rings. The van der Waals surface area contributed by atoms with Crippen molar-refractivity contribution in [2.75, 3.05) is 20.3 Å². The van der Waals surface area contributed by atoms with E-state index in [-0.39, 0.29) is 75.5 Å². The number of fused-ring (bicyclic) bond motifs is 5. The van der Waals surface area contributed by atoms with Gasteiger partial charge in [-0.15, -0.1) is 0 Å². The van der Waals surface area contributed by atoms with Gasteiger partial charge in [0.1, 0.15) is 11.9 Å². The van der Waals surface area contributed by atoms with Gasteiger partial charge < -0.3 is 29.5 Å². The first kappa shape index (κ1) is 31.1. The zero-order chi connectivity index (χ0) is 32.4. The lowest BCUT2D eigenvalue weighted by molar-refractivity contribution is -0.240. The lowest BCUT2D eigenvalue weighted by atomic mass is 9.37. The van der Waals surface area contributed by atoms with Gasteiger partial charge >= 0.3 is 5.97 Å². The summed E-state index contributed by atoms with van der Waals surface area (Å²) in [5.74, 6) is 0.933. The Labute approximate surface area is 273 Å². The van der Waals surface area contributed by atoms with Crippen molar-refractivity contribution >= 4 is 5.97 Å². The monoisotopic (exact) mass is 632 g/mol. The van der Waals surface area contributed by atoms with Crippen LogP contribution in [-0.2, 0) is 14.3 Å². The molecule has 0 bridgehead atoms. The molecule has 0 radical (unpaired) electrons. The fourth-order valence-electron chi connectivity index (χ4n) is 13.2. The average Bonchev–Trinajstić information content (AvgIpc) is 3.47. The van der Waals surface area contributed by atoms with E-state index in [0.29, 0.717) is 19.4 Å². The molecule has 0 spiro atoms. The molecule has 13 atom stereocenters. The summed E-state index contributed by atoms with van der Waals surface area (Å²) < 4.78 is 17.8. The van der Waals surface area contributed by atoms with Crippen molar-refractivity contribution in [3.8, 4) is 5.75 Å². The number of allylic oxidation sites excluding steroid dienone is 1. The fraction of sp³-hybridized carbons (Fsp3) is 0.718. The number of ether oxygens (including phenoxy) is 3. The average molecular weight is 633 g/mol. The van der Waals surface area contributed by atoms with Gasteiger partial charge in [-0.3, -0.25) is 4.79 Å². The lowest BCUT2D eigenvalue weighted by Gasteiger charge is -2.68. The molecule has 2 aliphatic heterocycles. The summed E-state index contributed by atoms with van der Waals surface area (Å²) in [4.78, 5) is 13.3. The highest BCUT2D eigenvalue weighted by Gasteiger charge is 2.88. The first-order chi connectivity index (χ1) is 21.9. The summed E-state index contributed by atoms with van der Waals surface area (Å²) in [7, 11) is 1.69. The van der Waals surface area contributed by atoms with Crippen LogP contribution in [0.25, 0.3) is 0 Å².